The van der Waals surface area contributed by atoms with E-state index in [2.05, 4.69) is 45.6 Å². The van der Waals surface area contributed by atoms with E-state index in [4.69, 9.17) is 0 Å². The van der Waals surface area contributed by atoms with Crippen molar-refractivity contribution in [3.8, 4) is 0 Å². The molecule has 1 aliphatic rings. The highest BCUT2D eigenvalue weighted by atomic mass is 14.4. The smallest absolute Gasteiger partial charge is 0.00783 e. The molecule has 0 N–H and O–H groups in total. The molecule has 0 spiro atoms. The first kappa shape index (κ1) is 12.3. The molecule has 0 atom stereocenters. The number of hydrogen-bond donors (Lipinski definition) is 0. The molecule has 0 nitrogen and oxygen atoms in total. The predicted molar refractivity (Wildman–Crippen MR) is 68.8 cm³/mol. The van der Waals surface area contributed by atoms with Gasteiger partial charge in [-0.1, -0.05) is 44.7 Å². The second-order valence-electron chi connectivity index (χ2n) is 5.08. The zero-order valence-electron chi connectivity index (χ0n) is 10.4. The van der Waals surface area contributed by atoms with Crippen molar-refractivity contribution in [2.45, 2.75) is 46.5 Å². The van der Waals surface area contributed by atoms with Gasteiger partial charge in [0.05, 0.1) is 0 Å². The average Bonchev–Trinajstić information content (AvgIpc) is 2.24. The summed E-state index contributed by atoms with van der Waals surface area (Å²) in [7, 11) is 0. The normalized spacial score (nSPS) is 33.3. The third-order valence-electron chi connectivity index (χ3n) is 3.80. The third-order valence-corrected chi connectivity index (χ3v) is 3.80. The summed E-state index contributed by atoms with van der Waals surface area (Å²) in [5, 5.41) is 0. The standard InChI is InChI=1S/C15H24/c1-5-7-8-14(6-2)15(4)11-9-13(3)10-12-15/h5-8,13H,1,9-12H2,2-4H3/b8-7-,14-6+. The molecule has 0 heterocycles. The van der Waals surface area contributed by atoms with E-state index in [1.165, 1.54) is 31.3 Å². The van der Waals surface area contributed by atoms with Crippen LogP contribution in [-0.2, 0) is 0 Å². The molecule has 0 radical (unpaired) electrons. The summed E-state index contributed by atoms with van der Waals surface area (Å²) < 4.78 is 0. The highest BCUT2D eigenvalue weighted by Gasteiger charge is 2.31. The molecule has 84 valence electrons. The monoisotopic (exact) mass is 204 g/mol. The first-order valence-corrected chi connectivity index (χ1v) is 6.08. The Kier molecular flexibility index (Phi) is 4.38. The SMILES string of the molecule is C=C/C=C\C(=C/C)C1(C)CCC(C)CC1. The van der Waals surface area contributed by atoms with Crippen LogP contribution in [-0.4, -0.2) is 0 Å². The Morgan fingerprint density at radius 1 is 1.33 bits per heavy atom. The molecular formula is C15H24. The minimum atomic E-state index is 0.404. The number of rotatable bonds is 3. The van der Waals surface area contributed by atoms with Gasteiger partial charge in [-0.15, -0.1) is 0 Å². The van der Waals surface area contributed by atoms with Gasteiger partial charge < -0.3 is 0 Å². The van der Waals surface area contributed by atoms with E-state index in [-0.39, 0.29) is 0 Å². The van der Waals surface area contributed by atoms with Gasteiger partial charge in [0.2, 0.25) is 0 Å². The van der Waals surface area contributed by atoms with Crippen molar-refractivity contribution in [3.05, 3.63) is 36.5 Å². The number of allylic oxidation sites excluding steroid dienone is 5. The van der Waals surface area contributed by atoms with Crippen molar-refractivity contribution in [1.29, 1.82) is 0 Å². The van der Waals surface area contributed by atoms with Gasteiger partial charge in [0.1, 0.15) is 0 Å². The molecule has 0 heteroatoms. The summed E-state index contributed by atoms with van der Waals surface area (Å²) in [6.45, 7) is 10.7. The topological polar surface area (TPSA) is 0 Å². The lowest BCUT2D eigenvalue weighted by Gasteiger charge is -2.37. The Bertz CT molecular complexity index is 260. The lowest BCUT2D eigenvalue weighted by molar-refractivity contribution is 0.223. The molecular weight excluding hydrogens is 180 g/mol. The van der Waals surface area contributed by atoms with Gasteiger partial charge in [-0.2, -0.15) is 0 Å². The Labute approximate surface area is 94.8 Å². The molecule has 0 aromatic rings. The number of hydrogen-bond acceptors (Lipinski definition) is 0. The van der Waals surface area contributed by atoms with Crippen LogP contribution in [0.3, 0.4) is 0 Å². The lowest BCUT2D eigenvalue weighted by Crippen LogP contribution is -2.25. The van der Waals surface area contributed by atoms with Crippen LogP contribution in [0.5, 0.6) is 0 Å². The zero-order valence-corrected chi connectivity index (χ0v) is 10.4. The molecule has 0 saturated heterocycles. The van der Waals surface area contributed by atoms with E-state index < -0.39 is 0 Å². The Morgan fingerprint density at radius 3 is 2.40 bits per heavy atom. The lowest BCUT2D eigenvalue weighted by atomic mass is 9.68. The molecule has 0 aromatic heterocycles. The van der Waals surface area contributed by atoms with Crippen LogP contribution in [0.4, 0.5) is 0 Å². The van der Waals surface area contributed by atoms with Crippen molar-refractivity contribution < 1.29 is 0 Å². The van der Waals surface area contributed by atoms with Crippen LogP contribution in [0.2, 0.25) is 0 Å². The van der Waals surface area contributed by atoms with Gasteiger partial charge in [0.15, 0.2) is 0 Å². The maximum absolute atomic E-state index is 3.73. The van der Waals surface area contributed by atoms with Gasteiger partial charge in [0.25, 0.3) is 0 Å². The van der Waals surface area contributed by atoms with Crippen molar-refractivity contribution in [1.82, 2.24) is 0 Å². The molecule has 0 amide bonds. The van der Waals surface area contributed by atoms with Gasteiger partial charge in [-0.25, -0.2) is 0 Å². The van der Waals surface area contributed by atoms with E-state index in [0.29, 0.717) is 5.41 Å². The van der Waals surface area contributed by atoms with Gasteiger partial charge >= 0.3 is 0 Å². The highest BCUT2D eigenvalue weighted by molar-refractivity contribution is 5.28. The molecule has 0 unspecified atom stereocenters. The molecule has 1 rings (SSSR count). The zero-order chi connectivity index (χ0) is 11.3. The molecule has 0 bridgehead atoms. The van der Waals surface area contributed by atoms with Crippen molar-refractivity contribution in [2.24, 2.45) is 11.3 Å². The van der Waals surface area contributed by atoms with E-state index in [0.717, 1.165) is 5.92 Å². The van der Waals surface area contributed by atoms with Crippen LogP contribution < -0.4 is 0 Å². The summed E-state index contributed by atoms with van der Waals surface area (Å²) in [6.07, 6.45) is 13.8. The van der Waals surface area contributed by atoms with E-state index in [9.17, 15) is 0 Å². The predicted octanol–water partition coefficient (Wildman–Crippen LogP) is 4.89. The third kappa shape index (κ3) is 3.09. The maximum Gasteiger partial charge on any atom is -0.00783 e. The molecule has 0 aromatic carbocycles. The van der Waals surface area contributed by atoms with Crippen molar-refractivity contribution in [2.75, 3.05) is 0 Å². The van der Waals surface area contributed by atoms with E-state index >= 15 is 0 Å². The second-order valence-corrected chi connectivity index (χ2v) is 5.08. The van der Waals surface area contributed by atoms with Crippen molar-refractivity contribution in [3.63, 3.8) is 0 Å². The molecule has 1 aliphatic carbocycles. The molecule has 15 heavy (non-hydrogen) atoms. The maximum atomic E-state index is 3.73. The summed E-state index contributed by atoms with van der Waals surface area (Å²) >= 11 is 0. The minimum Gasteiger partial charge on any atom is -0.0991 e. The Hall–Kier alpha value is -0.780. The fraction of sp³-hybridized carbons (Fsp3) is 0.600. The van der Waals surface area contributed by atoms with Crippen LogP contribution in [0, 0.1) is 11.3 Å². The van der Waals surface area contributed by atoms with Crippen molar-refractivity contribution >= 4 is 0 Å². The van der Waals surface area contributed by atoms with Gasteiger partial charge in [-0.3, -0.25) is 0 Å². The molecule has 0 aliphatic heterocycles. The van der Waals surface area contributed by atoms with Crippen LogP contribution in [0.15, 0.2) is 36.5 Å². The second kappa shape index (κ2) is 5.34. The van der Waals surface area contributed by atoms with E-state index in [1.54, 1.807) is 0 Å². The first-order valence-electron chi connectivity index (χ1n) is 6.08. The quantitative estimate of drug-likeness (QED) is 0.574. The fourth-order valence-corrected chi connectivity index (χ4v) is 2.51. The first-order chi connectivity index (χ1) is 7.12. The minimum absolute atomic E-state index is 0.404. The van der Waals surface area contributed by atoms with E-state index in [1.807, 2.05) is 6.08 Å². The summed E-state index contributed by atoms with van der Waals surface area (Å²) in [5.41, 5.74) is 1.88. The highest BCUT2D eigenvalue weighted by Crippen LogP contribution is 2.44. The van der Waals surface area contributed by atoms with Crippen LogP contribution in [0.25, 0.3) is 0 Å². The molecule has 1 fully saturated rings. The largest absolute Gasteiger partial charge is 0.0991 e. The fourth-order valence-electron chi connectivity index (χ4n) is 2.51. The summed E-state index contributed by atoms with van der Waals surface area (Å²) in [4.78, 5) is 0. The average molecular weight is 204 g/mol. The molecule has 1 saturated carbocycles. The Morgan fingerprint density at radius 2 is 1.93 bits per heavy atom. The van der Waals surface area contributed by atoms with Crippen LogP contribution >= 0.6 is 0 Å². The summed E-state index contributed by atoms with van der Waals surface area (Å²) in [5.74, 6) is 0.916. The van der Waals surface area contributed by atoms with Gasteiger partial charge in [0, 0.05) is 0 Å². The van der Waals surface area contributed by atoms with Crippen LogP contribution in [0.1, 0.15) is 46.5 Å². The summed E-state index contributed by atoms with van der Waals surface area (Å²) in [6, 6.07) is 0. The Balaban J connectivity index is 2.75. The van der Waals surface area contributed by atoms with Gasteiger partial charge in [-0.05, 0) is 49.5 Å².